The molecular weight excluding hydrogens is 242 g/mol. The lowest BCUT2D eigenvalue weighted by molar-refractivity contribution is -0.384. The fourth-order valence-electron chi connectivity index (χ4n) is 1.43. The average molecular weight is 258 g/mol. The zero-order chi connectivity index (χ0) is 12.7. The van der Waals surface area contributed by atoms with Crippen LogP contribution in [0.5, 0.6) is 0 Å². The summed E-state index contributed by atoms with van der Waals surface area (Å²) in [6.07, 6.45) is 1.96. The lowest BCUT2D eigenvalue weighted by Gasteiger charge is -2.06. The molecule has 0 bridgehead atoms. The molecule has 0 atom stereocenters. The van der Waals surface area contributed by atoms with E-state index >= 15 is 0 Å². The van der Waals surface area contributed by atoms with Crippen molar-refractivity contribution in [3.8, 4) is 0 Å². The minimum atomic E-state index is -0.422. The summed E-state index contributed by atoms with van der Waals surface area (Å²) in [7, 11) is 0. The zero-order valence-electron chi connectivity index (χ0n) is 9.49. The van der Waals surface area contributed by atoms with Crippen molar-refractivity contribution in [1.82, 2.24) is 5.32 Å². The van der Waals surface area contributed by atoms with Crippen molar-refractivity contribution in [3.05, 3.63) is 38.9 Å². The van der Waals surface area contributed by atoms with Gasteiger partial charge in [0, 0.05) is 23.7 Å². The van der Waals surface area contributed by atoms with E-state index in [4.69, 9.17) is 17.3 Å². The summed E-state index contributed by atoms with van der Waals surface area (Å²) in [6, 6.07) is 4.45. The number of nitrogens with one attached hydrogen (secondary N) is 1. The molecule has 0 aliphatic rings. The van der Waals surface area contributed by atoms with E-state index in [-0.39, 0.29) is 5.69 Å². The second kappa shape index (κ2) is 7.21. The summed E-state index contributed by atoms with van der Waals surface area (Å²) in [5, 5.41) is 14.3. The van der Waals surface area contributed by atoms with Gasteiger partial charge in [0.15, 0.2) is 0 Å². The van der Waals surface area contributed by atoms with Crippen LogP contribution in [-0.2, 0) is 6.54 Å². The van der Waals surface area contributed by atoms with E-state index in [1.807, 2.05) is 0 Å². The molecule has 0 radical (unpaired) electrons. The smallest absolute Gasteiger partial charge is 0.269 e. The topological polar surface area (TPSA) is 81.2 Å². The highest BCUT2D eigenvalue weighted by Crippen LogP contribution is 2.21. The lowest BCUT2D eigenvalue weighted by atomic mass is 10.2. The van der Waals surface area contributed by atoms with Gasteiger partial charge in [-0.05, 0) is 37.6 Å². The van der Waals surface area contributed by atoms with Crippen molar-refractivity contribution < 1.29 is 4.92 Å². The van der Waals surface area contributed by atoms with E-state index in [0.29, 0.717) is 18.1 Å². The van der Waals surface area contributed by atoms with Crippen LogP contribution < -0.4 is 11.1 Å². The number of non-ortho nitro benzene ring substituents is 1. The maximum absolute atomic E-state index is 10.6. The number of nitro groups is 1. The minimum absolute atomic E-state index is 0.0631. The Morgan fingerprint density at radius 1 is 1.41 bits per heavy atom. The van der Waals surface area contributed by atoms with Crippen LogP contribution in [0.4, 0.5) is 5.69 Å². The number of hydrogen-bond acceptors (Lipinski definition) is 4. The third-order valence-corrected chi connectivity index (χ3v) is 2.73. The molecule has 0 fully saturated rings. The largest absolute Gasteiger partial charge is 0.330 e. The SMILES string of the molecule is NCCCCNCc1cc([N+](=O)[O-])ccc1Cl. The molecular formula is C11H16ClN3O2. The highest BCUT2D eigenvalue weighted by Gasteiger charge is 2.08. The fourth-order valence-corrected chi connectivity index (χ4v) is 1.61. The number of nitrogens with zero attached hydrogens (tertiary/aromatic N) is 1. The Morgan fingerprint density at radius 3 is 2.82 bits per heavy atom. The average Bonchev–Trinajstić information content (AvgIpc) is 2.30. The molecule has 0 amide bonds. The van der Waals surface area contributed by atoms with E-state index in [2.05, 4.69) is 5.32 Å². The molecule has 0 aliphatic heterocycles. The van der Waals surface area contributed by atoms with Gasteiger partial charge in [0.05, 0.1) is 4.92 Å². The second-order valence-electron chi connectivity index (χ2n) is 3.71. The summed E-state index contributed by atoms with van der Waals surface area (Å²) in [5.41, 5.74) is 6.18. The van der Waals surface area contributed by atoms with E-state index < -0.39 is 4.92 Å². The van der Waals surface area contributed by atoms with E-state index in [9.17, 15) is 10.1 Å². The number of hydrogen-bond donors (Lipinski definition) is 2. The van der Waals surface area contributed by atoms with Gasteiger partial charge in [-0.2, -0.15) is 0 Å². The quantitative estimate of drug-likeness (QED) is 0.445. The van der Waals surface area contributed by atoms with Crippen LogP contribution in [0.2, 0.25) is 5.02 Å². The molecule has 5 nitrogen and oxygen atoms in total. The maximum Gasteiger partial charge on any atom is 0.269 e. The molecule has 0 aromatic heterocycles. The molecule has 94 valence electrons. The standard InChI is InChI=1S/C11H16ClN3O2/c12-11-4-3-10(15(16)17)7-9(11)8-14-6-2-1-5-13/h3-4,7,14H,1-2,5-6,8,13H2. The predicted molar refractivity (Wildman–Crippen MR) is 68.1 cm³/mol. The Balaban J connectivity index is 2.51. The van der Waals surface area contributed by atoms with Crippen LogP contribution >= 0.6 is 11.6 Å². The van der Waals surface area contributed by atoms with E-state index in [1.54, 1.807) is 6.07 Å². The monoisotopic (exact) mass is 257 g/mol. The number of nitro benzene ring substituents is 1. The molecule has 0 aliphatic carbocycles. The van der Waals surface area contributed by atoms with Crippen molar-refractivity contribution in [2.24, 2.45) is 5.73 Å². The van der Waals surface area contributed by atoms with E-state index in [1.165, 1.54) is 12.1 Å². The van der Waals surface area contributed by atoms with Crippen LogP contribution in [0.15, 0.2) is 18.2 Å². The summed E-state index contributed by atoms with van der Waals surface area (Å²) < 4.78 is 0. The Kier molecular flexibility index (Phi) is 5.90. The number of rotatable bonds is 7. The molecule has 6 heteroatoms. The van der Waals surface area contributed by atoms with E-state index in [0.717, 1.165) is 24.9 Å². The fraction of sp³-hybridized carbons (Fsp3) is 0.455. The molecule has 1 aromatic rings. The third-order valence-electron chi connectivity index (χ3n) is 2.36. The Labute approximate surface area is 105 Å². The van der Waals surface area contributed by atoms with Crippen LogP contribution in [0.1, 0.15) is 18.4 Å². The molecule has 17 heavy (non-hydrogen) atoms. The first-order chi connectivity index (χ1) is 8.15. The lowest BCUT2D eigenvalue weighted by Crippen LogP contribution is -2.16. The number of benzene rings is 1. The normalized spacial score (nSPS) is 10.5. The molecule has 1 rings (SSSR count). The van der Waals surface area contributed by atoms with Crippen LogP contribution in [-0.4, -0.2) is 18.0 Å². The molecule has 0 heterocycles. The number of nitrogens with two attached hydrogens (primary N) is 1. The summed E-state index contributed by atoms with van der Waals surface area (Å²) in [5.74, 6) is 0. The molecule has 1 aromatic carbocycles. The molecule has 0 unspecified atom stereocenters. The van der Waals surface area contributed by atoms with Gasteiger partial charge in [-0.3, -0.25) is 10.1 Å². The van der Waals surface area contributed by atoms with Crippen molar-refractivity contribution in [3.63, 3.8) is 0 Å². The maximum atomic E-state index is 10.6. The van der Waals surface area contributed by atoms with Gasteiger partial charge in [-0.25, -0.2) is 0 Å². The van der Waals surface area contributed by atoms with Crippen molar-refractivity contribution in [2.75, 3.05) is 13.1 Å². The van der Waals surface area contributed by atoms with Crippen molar-refractivity contribution in [2.45, 2.75) is 19.4 Å². The van der Waals surface area contributed by atoms with Crippen LogP contribution in [0.3, 0.4) is 0 Å². The molecule has 0 spiro atoms. The highest BCUT2D eigenvalue weighted by atomic mass is 35.5. The van der Waals surface area contributed by atoms with Crippen LogP contribution in [0.25, 0.3) is 0 Å². The highest BCUT2D eigenvalue weighted by molar-refractivity contribution is 6.31. The Bertz CT molecular complexity index is 385. The van der Waals surface area contributed by atoms with Crippen LogP contribution in [0, 0.1) is 10.1 Å². The van der Waals surface area contributed by atoms with Gasteiger partial charge >= 0.3 is 0 Å². The molecule has 0 saturated heterocycles. The minimum Gasteiger partial charge on any atom is -0.330 e. The van der Waals surface area contributed by atoms with Gasteiger partial charge in [0.2, 0.25) is 0 Å². The Morgan fingerprint density at radius 2 is 2.18 bits per heavy atom. The van der Waals surface area contributed by atoms with Gasteiger partial charge in [0.25, 0.3) is 5.69 Å². The van der Waals surface area contributed by atoms with Crippen molar-refractivity contribution >= 4 is 17.3 Å². The van der Waals surface area contributed by atoms with Gasteiger partial charge in [0.1, 0.15) is 0 Å². The number of unbranched alkanes of at least 4 members (excludes halogenated alkanes) is 1. The first kappa shape index (κ1) is 13.9. The first-order valence-electron chi connectivity index (χ1n) is 5.48. The third kappa shape index (κ3) is 4.68. The summed E-state index contributed by atoms with van der Waals surface area (Å²) in [6.45, 7) is 2.04. The first-order valence-corrected chi connectivity index (χ1v) is 5.86. The molecule has 0 saturated carbocycles. The predicted octanol–water partition coefficient (Wildman–Crippen LogP) is 2.08. The second-order valence-corrected chi connectivity index (χ2v) is 4.11. The van der Waals surface area contributed by atoms with Gasteiger partial charge in [-0.1, -0.05) is 11.6 Å². The summed E-state index contributed by atoms with van der Waals surface area (Å²) in [4.78, 5) is 10.2. The summed E-state index contributed by atoms with van der Waals surface area (Å²) >= 11 is 5.96. The Hall–Kier alpha value is -1.17. The molecule has 3 N–H and O–H groups in total. The zero-order valence-corrected chi connectivity index (χ0v) is 10.2. The number of halogens is 1. The van der Waals surface area contributed by atoms with Gasteiger partial charge in [-0.15, -0.1) is 0 Å². The van der Waals surface area contributed by atoms with Crippen molar-refractivity contribution in [1.29, 1.82) is 0 Å². The van der Waals surface area contributed by atoms with Gasteiger partial charge < -0.3 is 11.1 Å².